The van der Waals surface area contributed by atoms with Crippen LogP contribution in [-0.4, -0.2) is 92.7 Å². The van der Waals surface area contributed by atoms with Crippen LogP contribution in [0, 0.1) is 0 Å². The number of rotatable bonds is 16. The summed E-state index contributed by atoms with van der Waals surface area (Å²) in [7, 11) is 0. The third-order valence-electron chi connectivity index (χ3n) is 5.77. The molecule has 0 spiro atoms. The van der Waals surface area contributed by atoms with Crippen molar-refractivity contribution in [2.45, 2.75) is 49.9 Å². The Morgan fingerprint density at radius 1 is 0.947 bits per heavy atom. The first-order valence-corrected chi connectivity index (χ1v) is 13.2. The summed E-state index contributed by atoms with van der Waals surface area (Å²) in [6.45, 7) is -0.624. The molecule has 0 aliphatic rings. The van der Waals surface area contributed by atoms with Crippen LogP contribution in [0.4, 0.5) is 0 Å². The van der Waals surface area contributed by atoms with E-state index < -0.39 is 66.9 Å². The summed E-state index contributed by atoms with van der Waals surface area (Å²) in [6, 6.07) is 2.22. The highest BCUT2D eigenvalue weighted by Gasteiger charge is 2.31. The topological polar surface area (TPSA) is 224 Å². The number of thioether (sulfide) groups is 1. The highest BCUT2D eigenvalue weighted by Crippen LogP contribution is 2.19. The van der Waals surface area contributed by atoms with E-state index in [1.54, 1.807) is 12.3 Å². The van der Waals surface area contributed by atoms with Crippen LogP contribution >= 0.6 is 11.8 Å². The van der Waals surface area contributed by atoms with Crippen molar-refractivity contribution in [3.05, 3.63) is 36.0 Å². The summed E-state index contributed by atoms with van der Waals surface area (Å²) in [5.41, 5.74) is 7.02. The van der Waals surface area contributed by atoms with Gasteiger partial charge in [-0.1, -0.05) is 18.2 Å². The molecular weight excluding hydrogens is 518 g/mol. The van der Waals surface area contributed by atoms with Gasteiger partial charge in [-0.25, -0.2) is 4.79 Å². The Kier molecular flexibility index (Phi) is 12.0. The molecule has 0 bridgehead atoms. The fourth-order valence-electron chi connectivity index (χ4n) is 3.67. The van der Waals surface area contributed by atoms with Crippen molar-refractivity contribution in [1.82, 2.24) is 20.9 Å². The van der Waals surface area contributed by atoms with Gasteiger partial charge in [-0.15, -0.1) is 0 Å². The van der Waals surface area contributed by atoms with Crippen molar-refractivity contribution >= 4 is 52.3 Å². The molecule has 4 atom stereocenters. The molecule has 1 heterocycles. The Labute approximate surface area is 222 Å². The maximum absolute atomic E-state index is 13.2. The summed E-state index contributed by atoms with van der Waals surface area (Å²) in [5.74, 6) is -4.42. The van der Waals surface area contributed by atoms with Crippen molar-refractivity contribution in [2.75, 3.05) is 18.6 Å². The Hall–Kier alpha value is -3.62. The number of hydrogen-bond donors (Lipinski definition) is 8. The van der Waals surface area contributed by atoms with Gasteiger partial charge in [0.1, 0.15) is 24.2 Å². The van der Waals surface area contributed by atoms with Gasteiger partial charge in [0.05, 0.1) is 6.61 Å². The highest BCUT2D eigenvalue weighted by atomic mass is 32.2. The number of aliphatic hydroxyl groups excluding tert-OH is 1. The number of aliphatic hydroxyl groups is 1. The lowest BCUT2D eigenvalue weighted by atomic mass is 10.0. The van der Waals surface area contributed by atoms with Gasteiger partial charge in [0, 0.05) is 29.9 Å². The molecule has 0 radical (unpaired) electrons. The number of carboxylic acid groups (broad SMARTS) is 2. The number of aromatic amines is 1. The third kappa shape index (κ3) is 9.04. The molecule has 3 amide bonds. The monoisotopic (exact) mass is 551 g/mol. The number of para-hydroxylation sites is 1. The highest BCUT2D eigenvalue weighted by molar-refractivity contribution is 7.98. The Balaban J connectivity index is 2.31. The van der Waals surface area contributed by atoms with Gasteiger partial charge in [-0.3, -0.25) is 19.2 Å². The van der Waals surface area contributed by atoms with E-state index in [2.05, 4.69) is 20.9 Å². The van der Waals surface area contributed by atoms with Crippen LogP contribution in [0.2, 0.25) is 0 Å². The largest absolute Gasteiger partial charge is 0.481 e. The molecule has 9 N–H and O–H groups in total. The van der Waals surface area contributed by atoms with Crippen LogP contribution in [0.25, 0.3) is 10.9 Å². The third-order valence-corrected chi connectivity index (χ3v) is 6.41. The summed E-state index contributed by atoms with van der Waals surface area (Å²) >= 11 is 1.43. The predicted molar refractivity (Wildman–Crippen MR) is 140 cm³/mol. The van der Waals surface area contributed by atoms with E-state index >= 15 is 0 Å². The number of carbonyl (C=O) groups is 5. The van der Waals surface area contributed by atoms with E-state index in [-0.39, 0.29) is 19.3 Å². The molecule has 0 fully saturated rings. The summed E-state index contributed by atoms with van der Waals surface area (Å²) in [6.07, 6.45) is 2.83. The number of aliphatic carboxylic acids is 2. The van der Waals surface area contributed by atoms with Crippen molar-refractivity contribution in [3.8, 4) is 0 Å². The molecule has 2 rings (SSSR count). The Bertz CT molecular complexity index is 1140. The minimum Gasteiger partial charge on any atom is -0.481 e. The van der Waals surface area contributed by atoms with E-state index in [9.17, 15) is 29.1 Å². The van der Waals surface area contributed by atoms with Gasteiger partial charge in [0.2, 0.25) is 17.7 Å². The van der Waals surface area contributed by atoms with Gasteiger partial charge in [-0.05, 0) is 36.5 Å². The number of carboxylic acids is 2. The number of H-pyrrole nitrogens is 1. The SMILES string of the molecule is CSCCC(NC(=O)C(N)CO)C(=O)NC(Cc1c[nH]c2ccccc12)C(=O)NC(CCC(=O)O)C(=O)O. The van der Waals surface area contributed by atoms with E-state index in [1.165, 1.54) is 11.8 Å². The quantitative estimate of drug-likeness (QED) is 0.129. The van der Waals surface area contributed by atoms with Gasteiger partial charge < -0.3 is 42.0 Å². The second-order valence-corrected chi connectivity index (χ2v) is 9.57. The molecule has 13 nitrogen and oxygen atoms in total. The number of amides is 3. The number of nitrogens with one attached hydrogen (secondary N) is 4. The van der Waals surface area contributed by atoms with E-state index in [1.807, 2.05) is 24.5 Å². The lowest BCUT2D eigenvalue weighted by molar-refractivity contribution is -0.143. The second-order valence-electron chi connectivity index (χ2n) is 8.59. The van der Waals surface area contributed by atoms with Crippen LogP contribution in [0.1, 0.15) is 24.8 Å². The molecule has 0 aliphatic carbocycles. The first-order chi connectivity index (χ1) is 18.1. The van der Waals surface area contributed by atoms with Gasteiger partial charge in [-0.2, -0.15) is 11.8 Å². The number of aromatic nitrogens is 1. The lowest BCUT2D eigenvalue weighted by Crippen LogP contribution is -2.58. The average molecular weight is 552 g/mol. The molecule has 0 saturated carbocycles. The zero-order chi connectivity index (χ0) is 28.2. The van der Waals surface area contributed by atoms with E-state index in [0.717, 1.165) is 10.9 Å². The molecule has 0 saturated heterocycles. The number of carbonyl (C=O) groups excluding carboxylic acids is 3. The fraction of sp³-hybridized carbons (Fsp3) is 0.458. The molecular formula is C24H33N5O8S. The van der Waals surface area contributed by atoms with Gasteiger partial charge in [0.25, 0.3) is 0 Å². The number of fused-ring (bicyclic) bond motifs is 1. The van der Waals surface area contributed by atoms with E-state index in [0.29, 0.717) is 11.3 Å². The van der Waals surface area contributed by atoms with Crippen LogP contribution in [0.15, 0.2) is 30.5 Å². The van der Waals surface area contributed by atoms with Crippen LogP contribution in [0.5, 0.6) is 0 Å². The first kappa shape index (κ1) is 30.6. The van der Waals surface area contributed by atoms with Crippen LogP contribution in [-0.2, 0) is 30.4 Å². The zero-order valence-electron chi connectivity index (χ0n) is 20.8. The maximum atomic E-state index is 13.2. The summed E-state index contributed by atoms with van der Waals surface area (Å²) in [4.78, 5) is 64.3. The van der Waals surface area contributed by atoms with Crippen molar-refractivity contribution in [2.24, 2.45) is 5.73 Å². The number of benzene rings is 1. The molecule has 4 unspecified atom stereocenters. The molecule has 0 aliphatic heterocycles. The Morgan fingerprint density at radius 2 is 1.58 bits per heavy atom. The first-order valence-electron chi connectivity index (χ1n) is 11.8. The van der Waals surface area contributed by atoms with Crippen molar-refractivity contribution in [1.29, 1.82) is 0 Å². The smallest absolute Gasteiger partial charge is 0.326 e. The molecule has 1 aromatic carbocycles. The summed E-state index contributed by atoms with van der Waals surface area (Å²) in [5, 5.41) is 35.7. The average Bonchev–Trinajstić information content (AvgIpc) is 3.30. The van der Waals surface area contributed by atoms with Crippen LogP contribution in [0.3, 0.4) is 0 Å². The number of hydrogen-bond acceptors (Lipinski definition) is 8. The van der Waals surface area contributed by atoms with Crippen molar-refractivity contribution < 1.29 is 39.3 Å². The van der Waals surface area contributed by atoms with E-state index in [4.69, 9.17) is 15.9 Å². The molecule has 14 heteroatoms. The van der Waals surface area contributed by atoms with Crippen molar-refractivity contribution in [3.63, 3.8) is 0 Å². The molecule has 2 aromatic rings. The van der Waals surface area contributed by atoms with Gasteiger partial charge in [0.15, 0.2) is 0 Å². The predicted octanol–water partition coefficient (Wildman–Crippen LogP) is -0.813. The Morgan fingerprint density at radius 3 is 2.21 bits per heavy atom. The second kappa shape index (κ2) is 15.0. The standard InChI is InChI=1S/C24H33N5O8S/c1-38-9-8-17(27-21(33)15(25)12-30)22(34)29-19(10-13-11-26-16-5-3-2-4-14(13)16)23(35)28-18(24(36)37)6-7-20(31)32/h2-5,11,15,17-19,26,30H,6-10,12,25H2,1H3,(H,27,33)(H,28,35)(H,29,34)(H,31,32)(H,36,37). The lowest BCUT2D eigenvalue weighted by Gasteiger charge is -2.25. The molecule has 1 aromatic heterocycles. The number of nitrogens with two attached hydrogens (primary N) is 1. The van der Waals surface area contributed by atoms with Crippen LogP contribution < -0.4 is 21.7 Å². The fourth-order valence-corrected chi connectivity index (χ4v) is 4.14. The normalized spacial score (nSPS) is 14.2. The van der Waals surface area contributed by atoms with Gasteiger partial charge >= 0.3 is 11.9 Å². The zero-order valence-corrected chi connectivity index (χ0v) is 21.6. The summed E-state index contributed by atoms with van der Waals surface area (Å²) < 4.78 is 0. The minimum absolute atomic E-state index is 0.0216. The molecule has 208 valence electrons. The maximum Gasteiger partial charge on any atom is 0.326 e. The molecule has 38 heavy (non-hydrogen) atoms. The minimum atomic E-state index is -1.49.